The quantitative estimate of drug-likeness (QED) is 0.189. The van der Waals surface area contributed by atoms with Crippen LogP contribution in [0.5, 0.6) is 5.75 Å². The van der Waals surface area contributed by atoms with Crippen molar-refractivity contribution in [1.82, 2.24) is 9.97 Å². The monoisotopic (exact) mass is 527 g/mol. The van der Waals surface area contributed by atoms with E-state index < -0.39 is 0 Å². The molecule has 0 spiro atoms. The minimum Gasteiger partial charge on any atom is -0.495 e. The van der Waals surface area contributed by atoms with Crippen LogP contribution in [0.1, 0.15) is 16.1 Å². The minimum atomic E-state index is -0.350. The molecule has 0 fully saturated rings. The average molecular weight is 528 g/mol. The van der Waals surface area contributed by atoms with Gasteiger partial charge in [-0.1, -0.05) is 71.0 Å². The molecule has 172 valence electrons. The maximum absolute atomic E-state index is 13.3. The number of hydrogen-bond donors (Lipinski definition) is 1. The summed E-state index contributed by atoms with van der Waals surface area (Å²) in [6, 6.07) is 22.2. The second-order valence-electron chi connectivity index (χ2n) is 6.99. The first-order valence-electron chi connectivity index (χ1n) is 10.1. The van der Waals surface area contributed by atoms with Crippen LogP contribution in [-0.4, -0.2) is 23.0 Å². The summed E-state index contributed by atoms with van der Waals surface area (Å²) in [5.74, 6) is 0.861. The molecule has 1 N–H and O–H groups in total. The normalized spacial score (nSPS) is 10.7. The van der Waals surface area contributed by atoms with Crippen molar-refractivity contribution in [3.63, 3.8) is 0 Å². The predicted octanol–water partition coefficient (Wildman–Crippen LogP) is 7.49. The Balaban J connectivity index is 1.61. The molecule has 4 rings (SSSR count). The molecule has 0 aliphatic heterocycles. The highest BCUT2D eigenvalue weighted by atomic mass is 35.5. The van der Waals surface area contributed by atoms with E-state index in [1.165, 1.54) is 23.5 Å². The van der Waals surface area contributed by atoms with Crippen molar-refractivity contribution in [3.8, 4) is 5.75 Å². The van der Waals surface area contributed by atoms with Crippen molar-refractivity contribution in [3.05, 3.63) is 100 Å². The molecule has 0 saturated carbocycles. The molecule has 0 aliphatic carbocycles. The number of para-hydroxylation sites is 2. The Labute approximate surface area is 216 Å². The highest BCUT2D eigenvalue weighted by Gasteiger charge is 2.18. The number of hydrogen-bond acceptors (Lipinski definition) is 6. The summed E-state index contributed by atoms with van der Waals surface area (Å²) in [4.78, 5) is 23.9. The Kier molecular flexibility index (Phi) is 8.34. The van der Waals surface area contributed by atoms with E-state index in [1.54, 1.807) is 37.6 Å². The third kappa shape index (κ3) is 6.45. The number of amides is 1. The van der Waals surface area contributed by atoms with E-state index in [0.29, 0.717) is 37.3 Å². The van der Waals surface area contributed by atoms with Crippen LogP contribution in [0, 0.1) is 0 Å². The van der Waals surface area contributed by atoms with Crippen LogP contribution in [0.25, 0.3) is 0 Å². The predicted molar refractivity (Wildman–Crippen MR) is 140 cm³/mol. The molecule has 5 nitrogen and oxygen atoms in total. The van der Waals surface area contributed by atoms with Gasteiger partial charge in [-0.15, -0.1) is 0 Å². The van der Waals surface area contributed by atoms with E-state index >= 15 is 0 Å². The van der Waals surface area contributed by atoms with Crippen molar-refractivity contribution in [1.29, 1.82) is 0 Å². The van der Waals surface area contributed by atoms with Crippen LogP contribution < -0.4 is 10.1 Å². The third-order valence-electron chi connectivity index (χ3n) is 4.63. The molecule has 0 atom stereocenters. The summed E-state index contributed by atoms with van der Waals surface area (Å²) in [7, 11) is 1.56. The third-order valence-corrected chi connectivity index (χ3v) is 7.09. The fourth-order valence-electron chi connectivity index (χ4n) is 2.95. The van der Waals surface area contributed by atoms with Gasteiger partial charge < -0.3 is 10.1 Å². The first kappa shape index (κ1) is 24.4. The van der Waals surface area contributed by atoms with Gasteiger partial charge in [0.1, 0.15) is 11.4 Å². The SMILES string of the molecule is COc1ccccc1NC(=O)c1nc(SCc2ccc(Cl)cc2)ncc1Sc1ccc(Cl)cc1. The maximum atomic E-state index is 13.3. The minimum absolute atomic E-state index is 0.277. The number of halogens is 2. The zero-order chi connectivity index (χ0) is 23.9. The molecular formula is C25H19Cl2N3O2S2. The molecule has 4 aromatic rings. The molecule has 1 heterocycles. The van der Waals surface area contributed by atoms with Gasteiger partial charge in [-0.2, -0.15) is 0 Å². The topological polar surface area (TPSA) is 64.1 Å². The van der Waals surface area contributed by atoms with E-state index in [2.05, 4.69) is 15.3 Å². The number of thioether (sulfide) groups is 1. The van der Waals surface area contributed by atoms with Gasteiger partial charge in [0.05, 0.1) is 17.7 Å². The van der Waals surface area contributed by atoms with Crippen LogP contribution in [0.2, 0.25) is 10.0 Å². The Morgan fingerprint density at radius 1 is 0.971 bits per heavy atom. The first-order chi connectivity index (χ1) is 16.5. The van der Waals surface area contributed by atoms with E-state index in [1.807, 2.05) is 48.5 Å². The van der Waals surface area contributed by atoms with Gasteiger partial charge in [-0.05, 0) is 54.1 Å². The van der Waals surface area contributed by atoms with Gasteiger partial charge >= 0.3 is 0 Å². The molecule has 9 heteroatoms. The number of nitrogens with one attached hydrogen (secondary N) is 1. The van der Waals surface area contributed by atoms with Crippen LogP contribution in [-0.2, 0) is 5.75 Å². The molecule has 34 heavy (non-hydrogen) atoms. The van der Waals surface area contributed by atoms with Gasteiger partial charge in [-0.3, -0.25) is 4.79 Å². The lowest BCUT2D eigenvalue weighted by Gasteiger charge is -2.12. The average Bonchev–Trinajstić information content (AvgIpc) is 2.86. The summed E-state index contributed by atoms with van der Waals surface area (Å²) in [5.41, 5.74) is 1.92. The Morgan fingerprint density at radius 2 is 1.65 bits per heavy atom. The zero-order valence-electron chi connectivity index (χ0n) is 18.0. The number of benzene rings is 3. The highest BCUT2D eigenvalue weighted by Crippen LogP contribution is 2.33. The number of carbonyl (C=O) groups is 1. The lowest BCUT2D eigenvalue weighted by molar-refractivity contribution is 0.101. The van der Waals surface area contributed by atoms with Gasteiger partial charge in [0.15, 0.2) is 5.16 Å². The first-order valence-corrected chi connectivity index (χ1v) is 12.7. The molecule has 1 aromatic heterocycles. The van der Waals surface area contributed by atoms with Crippen LogP contribution >= 0.6 is 46.7 Å². The van der Waals surface area contributed by atoms with Crippen molar-refractivity contribution < 1.29 is 9.53 Å². The summed E-state index contributed by atoms with van der Waals surface area (Å²) in [5, 5.41) is 4.73. The molecule has 1 amide bonds. The molecule has 0 aliphatic rings. The van der Waals surface area contributed by atoms with Crippen molar-refractivity contribution in [2.45, 2.75) is 20.7 Å². The smallest absolute Gasteiger partial charge is 0.275 e. The van der Waals surface area contributed by atoms with E-state index in [9.17, 15) is 4.79 Å². The van der Waals surface area contributed by atoms with Crippen molar-refractivity contribution in [2.75, 3.05) is 12.4 Å². The van der Waals surface area contributed by atoms with Crippen LogP contribution in [0.3, 0.4) is 0 Å². The standard InChI is InChI=1S/C25H19Cl2N3O2S2/c1-32-21-5-3-2-4-20(21)29-24(31)23-22(34-19-12-10-18(27)11-13-19)14-28-25(30-23)33-15-16-6-8-17(26)9-7-16/h2-14H,15H2,1H3,(H,29,31). The fourth-order valence-corrected chi connectivity index (χ4v) is 4.84. The van der Waals surface area contributed by atoms with E-state index in [0.717, 1.165) is 10.5 Å². The summed E-state index contributed by atoms with van der Waals surface area (Å²) < 4.78 is 5.36. The summed E-state index contributed by atoms with van der Waals surface area (Å²) in [6.45, 7) is 0. The Morgan fingerprint density at radius 3 is 2.35 bits per heavy atom. The fraction of sp³-hybridized carbons (Fsp3) is 0.0800. The number of rotatable bonds is 8. The molecule has 0 radical (unpaired) electrons. The van der Waals surface area contributed by atoms with E-state index in [4.69, 9.17) is 27.9 Å². The second-order valence-corrected chi connectivity index (χ2v) is 9.92. The van der Waals surface area contributed by atoms with Gasteiger partial charge in [-0.25, -0.2) is 9.97 Å². The van der Waals surface area contributed by atoms with Crippen molar-refractivity contribution in [2.24, 2.45) is 0 Å². The number of nitrogens with zero attached hydrogens (tertiary/aromatic N) is 2. The zero-order valence-corrected chi connectivity index (χ0v) is 21.1. The summed E-state index contributed by atoms with van der Waals surface area (Å²) in [6.07, 6.45) is 1.67. The molecule has 0 unspecified atom stereocenters. The van der Waals surface area contributed by atoms with Crippen LogP contribution in [0.15, 0.2) is 93.9 Å². The Hall–Kier alpha value is -2.71. The lowest BCUT2D eigenvalue weighted by Crippen LogP contribution is -2.16. The van der Waals surface area contributed by atoms with Gasteiger partial charge in [0.2, 0.25) is 0 Å². The molecule has 0 bridgehead atoms. The molecule has 0 saturated heterocycles. The van der Waals surface area contributed by atoms with E-state index in [-0.39, 0.29) is 11.6 Å². The molecular weight excluding hydrogens is 509 g/mol. The largest absolute Gasteiger partial charge is 0.495 e. The van der Waals surface area contributed by atoms with Crippen molar-refractivity contribution >= 4 is 58.3 Å². The number of carbonyl (C=O) groups excluding carboxylic acids is 1. The lowest BCUT2D eigenvalue weighted by atomic mass is 10.2. The van der Waals surface area contributed by atoms with Gasteiger partial charge in [0.25, 0.3) is 5.91 Å². The molecule has 3 aromatic carbocycles. The second kappa shape index (κ2) is 11.6. The number of methoxy groups -OCH3 is 1. The van der Waals surface area contributed by atoms with Crippen LogP contribution in [0.4, 0.5) is 5.69 Å². The number of aromatic nitrogens is 2. The highest BCUT2D eigenvalue weighted by molar-refractivity contribution is 7.99. The number of anilines is 1. The number of ether oxygens (including phenoxy) is 1. The maximum Gasteiger partial charge on any atom is 0.275 e. The Bertz CT molecular complexity index is 1290. The summed E-state index contributed by atoms with van der Waals surface area (Å²) >= 11 is 14.8. The van der Waals surface area contributed by atoms with Gasteiger partial charge in [0, 0.05) is 26.9 Å².